The molecular weight excluding hydrogens is 272 g/mol. The van der Waals surface area contributed by atoms with Gasteiger partial charge in [0.25, 0.3) is 0 Å². The van der Waals surface area contributed by atoms with Crippen LogP contribution in [0.3, 0.4) is 0 Å². The van der Waals surface area contributed by atoms with E-state index in [-0.39, 0.29) is 18.3 Å². The molecule has 0 amide bonds. The van der Waals surface area contributed by atoms with E-state index in [1.165, 1.54) is 0 Å². The summed E-state index contributed by atoms with van der Waals surface area (Å²) in [5.41, 5.74) is 3.29. The first-order chi connectivity index (χ1) is 9.27. The van der Waals surface area contributed by atoms with E-state index < -0.39 is 13.9 Å². The quantitative estimate of drug-likeness (QED) is 0.591. The summed E-state index contributed by atoms with van der Waals surface area (Å²) in [6.45, 7) is 11.4. The lowest BCUT2D eigenvalue weighted by Gasteiger charge is -2.24. The third kappa shape index (κ3) is 4.35. The van der Waals surface area contributed by atoms with Crippen molar-refractivity contribution in [2.75, 3.05) is 13.2 Å². The first kappa shape index (κ1) is 15.6. The first-order valence-corrected chi connectivity index (χ1v) is 10.5. The third-order valence-corrected chi connectivity index (χ3v) is 3.96. The van der Waals surface area contributed by atoms with Crippen LogP contribution in [0.15, 0.2) is 12.3 Å². The monoisotopic (exact) mass is 296 g/mol. The fraction of sp³-hybridized carbons (Fsp3) is 0.733. The smallest absolute Gasteiger partial charge is 0.163 e. The van der Waals surface area contributed by atoms with Crippen LogP contribution in [-0.4, -0.2) is 45.4 Å². The predicted molar refractivity (Wildman–Crippen MR) is 79.8 cm³/mol. The summed E-state index contributed by atoms with van der Waals surface area (Å²) in [4.78, 5) is 0. The van der Waals surface area contributed by atoms with Gasteiger partial charge in [0.15, 0.2) is 11.9 Å². The van der Waals surface area contributed by atoms with Gasteiger partial charge in [0, 0.05) is 0 Å². The van der Waals surface area contributed by atoms with Crippen LogP contribution in [-0.2, 0) is 18.9 Å². The van der Waals surface area contributed by atoms with Crippen molar-refractivity contribution in [1.29, 1.82) is 0 Å². The van der Waals surface area contributed by atoms with E-state index >= 15 is 0 Å². The summed E-state index contributed by atoms with van der Waals surface area (Å²) in [5.74, 6) is 2.56. The van der Waals surface area contributed by atoms with Crippen LogP contribution in [0.25, 0.3) is 0 Å². The van der Waals surface area contributed by atoms with Gasteiger partial charge < -0.3 is 18.9 Å². The Morgan fingerprint density at radius 3 is 2.70 bits per heavy atom. The molecule has 0 aromatic carbocycles. The van der Waals surface area contributed by atoms with Gasteiger partial charge in [-0.3, -0.25) is 0 Å². The summed E-state index contributed by atoms with van der Waals surface area (Å²) in [7, 11) is -1.33. The van der Waals surface area contributed by atoms with Crippen molar-refractivity contribution >= 4 is 8.07 Å². The number of rotatable bonds is 3. The summed E-state index contributed by atoms with van der Waals surface area (Å²) < 4.78 is 22.8. The molecule has 20 heavy (non-hydrogen) atoms. The molecule has 0 unspecified atom stereocenters. The fourth-order valence-corrected chi connectivity index (χ4v) is 2.77. The molecule has 3 atom stereocenters. The summed E-state index contributed by atoms with van der Waals surface area (Å²) >= 11 is 0. The van der Waals surface area contributed by atoms with Crippen molar-refractivity contribution in [3.05, 3.63) is 12.3 Å². The third-order valence-electron chi connectivity index (χ3n) is 3.04. The van der Waals surface area contributed by atoms with Crippen molar-refractivity contribution in [3.8, 4) is 11.5 Å². The molecule has 0 aliphatic carbocycles. The minimum Gasteiger partial charge on any atom is -0.492 e. The molecule has 0 saturated carbocycles. The lowest BCUT2D eigenvalue weighted by atomic mass is 10.1. The molecule has 2 heterocycles. The van der Waals surface area contributed by atoms with Crippen LogP contribution in [0.2, 0.25) is 19.6 Å². The van der Waals surface area contributed by atoms with Gasteiger partial charge in [-0.05, 0) is 19.9 Å². The van der Waals surface area contributed by atoms with E-state index in [0.29, 0.717) is 13.2 Å². The Balaban J connectivity index is 1.85. The van der Waals surface area contributed by atoms with Crippen LogP contribution in [0, 0.1) is 11.5 Å². The molecule has 0 N–H and O–H groups in total. The molecule has 0 aromatic rings. The summed E-state index contributed by atoms with van der Waals surface area (Å²) in [5, 5.41) is 0. The SMILES string of the molecule is CC1(C)OC[C@H]([C@H]2OC=C[C@H]2OCC#C[Si](C)(C)C)O1. The minimum absolute atomic E-state index is 0.102. The van der Waals surface area contributed by atoms with Gasteiger partial charge in [-0.1, -0.05) is 25.6 Å². The highest BCUT2D eigenvalue weighted by atomic mass is 28.3. The second-order valence-electron chi connectivity index (χ2n) is 6.62. The molecule has 112 valence electrons. The molecule has 0 spiro atoms. The molecule has 2 rings (SSSR count). The lowest BCUT2D eigenvalue weighted by Crippen LogP contribution is -2.39. The van der Waals surface area contributed by atoms with Crippen molar-refractivity contribution in [2.24, 2.45) is 0 Å². The molecule has 0 radical (unpaired) electrons. The number of ether oxygens (including phenoxy) is 4. The zero-order chi connectivity index (χ0) is 14.8. The highest BCUT2D eigenvalue weighted by molar-refractivity contribution is 6.83. The maximum atomic E-state index is 5.83. The number of hydrogen-bond donors (Lipinski definition) is 0. The van der Waals surface area contributed by atoms with Crippen molar-refractivity contribution in [3.63, 3.8) is 0 Å². The van der Waals surface area contributed by atoms with Gasteiger partial charge >= 0.3 is 0 Å². The van der Waals surface area contributed by atoms with E-state index in [9.17, 15) is 0 Å². The Morgan fingerprint density at radius 1 is 1.35 bits per heavy atom. The second-order valence-corrected chi connectivity index (χ2v) is 11.4. The topological polar surface area (TPSA) is 36.9 Å². The van der Waals surface area contributed by atoms with E-state index in [1.54, 1.807) is 6.26 Å². The lowest BCUT2D eigenvalue weighted by molar-refractivity contribution is -0.157. The molecule has 0 aromatic heterocycles. The van der Waals surface area contributed by atoms with E-state index in [0.717, 1.165) is 0 Å². The molecule has 1 fully saturated rings. The van der Waals surface area contributed by atoms with Crippen LogP contribution >= 0.6 is 0 Å². The van der Waals surface area contributed by atoms with Crippen LogP contribution in [0.5, 0.6) is 0 Å². The summed E-state index contributed by atoms with van der Waals surface area (Å²) in [6, 6.07) is 0. The predicted octanol–water partition coefficient (Wildman–Crippen LogP) is 2.32. The highest BCUT2D eigenvalue weighted by Crippen LogP contribution is 2.29. The molecule has 2 aliphatic rings. The Hall–Kier alpha value is -0.803. The van der Waals surface area contributed by atoms with E-state index in [4.69, 9.17) is 18.9 Å². The van der Waals surface area contributed by atoms with Crippen molar-refractivity contribution in [2.45, 2.75) is 57.6 Å². The average Bonchev–Trinajstić information content (AvgIpc) is 2.89. The van der Waals surface area contributed by atoms with Crippen LogP contribution in [0.1, 0.15) is 13.8 Å². The maximum absolute atomic E-state index is 5.83. The van der Waals surface area contributed by atoms with Crippen molar-refractivity contribution < 1.29 is 18.9 Å². The Bertz CT molecular complexity index is 427. The van der Waals surface area contributed by atoms with Gasteiger partial charge in [-0.15, -0.1) is 5.54 Å². The van der Waals surface area contributed by atoms with E-state index in [1.807, 2.05) is 19.9 Å². The average molecular weight is 296 g/mol. The zero-order valence-corrected chi connectivity index (χ0v) is 13.9. The molecule has 4 nitrogen and oxygen atoms in total. The van der Waals surface area contributed by atoms with Gasteiger partial charge in [0.2, 0.25) is 0 Å². The molecule has 0 bridgehead atoms. The van der Waals surface area contributed by atoms with Crippen LogP contribution < -0.4 is 0 Å². The largest absolute Gasteiger partial charge is 0.492 e. The van der Waals surface area contributed by atoms with Gasteiger partial charge in [-0.2, -0.15) is 0 Å². The molecule has 1 saturated heterocycles. The zero-order valence-electron chi connectivity index (χ0n) is 12.9. The standard InChI is InChI=1S/C15H24O4Si/c1-15(2)18-11-13(19-15)14-12(7-9-17-14)16-8-6-10-20(3,4)5/h7,9,12-14H,8,11H2,1-5H3/t12-,13-,14+/m1/s1. The minimum atomic E-state index is -1.33. The fourth-order valence-electron chi connectivity index (χ4n) is 2.17. The van der Waals surface area contributed by atoms with E-state index in [2.05, 4.69) is 31.1 Å². The van der Waals surface area contributed by atoms with Gasteiger partial charge in [-0.25, -0.2) is 0 Å². The van der Waals surface area contributed by atoms with Crippen molar-refractivity contribution in [1.82, 2.24) is 0 Å². The Kier molecular flexibility index (Phi) is 4.60. The molecular formula is C15H24O4Si. The molecule has 5 heteroatoms. The Labute approximate surface area is 122 Å². The highest BCUT2D eigenvalue weighted by Gasteiger charge is 2.42. The normalized spacial score (nSPS) is 31.8. The maximum Gasteiger partial charge on any atom is 0.163 e. The van der Waals surface area contributed by atoms with Crippen LogP contribution in [0.4, 0.5) is 0 Å². The first-order valence-electron chi connectivity index (χ1n) is 7.02. The van der Waals surface area contributed by atoms with Gasteiger partial charge in [0.1, 0.15) is 26.9 Å². The van der Waals surface area contributed by atoms with Gasteiger partial charge in [0.05, 0.1) is 12.9 Å². The second kappa shape index (κ2) is 5.90. The molecule has 2 aliphatic heterocycles. The number of hydrogen-bond acceptors (Lipinski definition) is 4. The Morgan fingerprint density at radius 2 is 2.10 bits per heavy atom. The summed E-state index contributed by atoms with van der Waals surface area (Å²) in [6.07, 6.45) is 3.22.